The molecule has 0 amide bonds. The van der Waals surface area contributed by atoms with Crippen LogP contribution < -0.4 is 0 Å². The van der Waals surface area contributed by atoms with Crippen LogP contribution in [0.2, 0.25) is 0 Å². The largest absolute Gasteiger partial charge is 0.479 e. The predicted octanol–water partition coefficient (Wildman–Crippen LogP) is 11.1. The Bertz CT molecular complexity index is 1260. The molecule has 62 heavy (non-hydrogen) atoms. The minimum absolute atomic E-state index is 0.176. The molecule has 1 aliphatic heterocycles. The molecule has 0 aromatic heterocycles. The van der Waals surface area contributed by atoms with Crippen LogP contribution in [-0.4, -0.2) is 88.4 Å². The Morgan fingerprint density at radius 1 is 0.516 bits per heavy atom. The van der Waals surface area contributed by atoms with Gasteiger partial charge in [-0.05, 0) is 57.8 Å². The molecule has 6 unspecified atom stereocenters. The summed E-state index contributed by atoms with van der Waals surface area (Å²) in [5.74, 6) is -2.48. The quantitative estimate of drug-likeness (QED) is 0.0263. The van der Waals surface area contributed by atoms with E-state index >= 15 is 0 Å². The number of aliphatic hydroxyl groups excluding tert-OH is 3. The summed E-state index contributed by atoms with van der Waals surface area (Å²) in [7, 11) is 0. The molecule has 4 N–H and O–H groups in total. The smallest absolute Gasteiger partial charge is 0.335 e. The molecule has 0 aliphatic carbocycles. The number of aliphatic carboxylic acids is 1. The highest BCUT2D eigenvalue weighted by atomic mass is 16.7. The van der Waals surface area contributed by atoms with Gasteiger partial charge < -0.3 is 39.4 Å². The monoisotopic (exact) mass is 875 g/mol. The van der Waals surface area contributed by atoms with Gasteiger partial charge >= 0.3 is 17.9 Å². The first-order valence-corrected chi connectivity index (χ1v) is 24.3. The predicted molar refractivity (Wildman–Crippen MR) is 247 cm³/mol. The molecule has 0 aromatic rings. The van der Waals surface area contributed by atoms with E-state index in [-0.39, 0.29) is 19.4 Å². The van der Waals surface area contributed by atoms with E-state index in [0.717, 1.165) is 70.6 Å². The number of carbonyl (C=O) groups is 3. The van der Waals surface area contributed by atoms with E-state index in [1.54, 1.807) is 0 Å². The van der Waals surface area contributed by atoms with Crippen molar-refractivity contribution in [3.05, 3.63) is 60.8 Å². The van der Waals surface area contributed by atoms with Crippen LogP contribution in [0.5, 0.6) is 0 Å². The van der Waals surface area contributed by atoms with Gasteiger partial charge in [0.1, 0.15) is 24.9 Å². The van der Waals surface area contributed by atoms with Crippen molar-refractivity contribution in [2.75, 3.05) is 13.2 Å². The third-order valence-corrected chi connectivity index (χ3v) is 10.9. The van der Waals surface area contributed by atoms with Gasteiger partial charge in [-0.3, -0.25) is 9.59 Å². The number of carbonyl (C=O) groups excluding carboxylic acids is 2. The van der Waals surface area contributed by atoms with Gasteiger partial charge in [0.2, 0.25) is 0 Å². The fourth-order valence-electron chi connectivity index (χ4n) is 7.08. The molecule has 1 heterocycles. The molecule has 6 atom stereocenters. The lowest BCUT2D eigenvalue weighted by Gasteiger charge is -2.38. The molecule has 1 rings (SSSR count). The Balaban J connectivity index is 2.36. The van der Waals surface area contributed by atoms with Crippen molar-refractivity contribution < 1.29 is 53.8 Å². The summed E-state index contributed by atoms with van der Waals surface area (Å²) in [6.07, 6.45) is 41.2. The fourth-order valence-corrected chi connectivity index (χ4v) is 7.08. The van der Waals surface area contributed by atoms with Crippen molar-refractivity contribution in [2.24, 2.45) is 0 Å². The third-order valence-electron chi connectivity index (χ3n) is 10.9. The topological polar surface area (TPSA) is 169 Å². The van der Waals surface area contributed by atoms with Gasteiger partial charge in [-0.25, -0.2) is 4.79 Å². The van der Waals surface area contributed by atoms with E-state index < -0.39 is 61.3 Å². The normalized spacial score (nSPS) is 20.0. The van der Waals surface area contributed by atoms with Crippen LogP contribution in [0, 0.1) is 0 Å². The minimum Gasteiger partial charge on any atom is -0.479 e. The summed E-state index contributed by atoms with van der Waals surface area (Å²) in [5.41, 5.74) is 0. The molecule has 356 valence electrons. The molecule has 0 aromatic carbocycles. The number of rotatable bonds is 40. The zero-order chi connectivity index (χ0) is 45.3. The van der Waals surface area contributed by atoms with Gasteiger partial charge in [-0.15, -0.1) is 0 Å². The highest BCUT2D eigenvalue weighted by Gasteiger charge is 2.47. The van der Waals surface area contributed by atoms with E-state index in [2.05, 4.69) is 74.6 Å². The van der Waals surface area contributed by atoms with Crippen LogP contribution in [0.15, 0.2) is 60.8 Å². The third kappa shape index (κ3) is 31.7. The Hall–Kier alpha value is -3.09. The molecule has 11 nitrogen and oxygen atoms in total. The second-order valence-corrected chi connectivity index (χ2v) is 16.6. The lowest BCUT2D eigenvalue weighted by molar-refractivity contribution is -0.298. The van der Waals surface area contributed by atoms with E-state index in [4.69, 9.17) is 18.9 Å². The zero-order valence-corrected chi connectivity index (χ0v) is 38.6. The maximum absolute atomic E-state index is 12.8. The Labute approximate surface area is 375 Å². The molecule has 1 saturated heterocycles. The van der Waals surface area contributed by atoms with E-state index in [1.807, 2.05) is 0 Å². The van der Waals surface area contributed by atoms with Gasteiger partial charge in [0.15, 0.2) is 18.5 Å². The Morgan fingerprint density at radius 3 is 1.44 bits per heavy atom. The molecular formula is C51H86O11. The standard InChI is InChI=1S/C51H86O11/c1-3-5-7-9-11-13-15-17-19-21-22-24-25-27-29-31-33-35-37-39-44(52)59-41-43(42-60-51-48(56)46(54)47(55)49(62-51)50(57)58)61-45(53)40-38-36-34-32-30-28-26-23-20-18-16-14-12-10-8-6-4-2/h5,7,11,13,17,19,22,24,27,29,43,46-49,51,54-56H,3-4,6,8-10,12,14-16,18,20-21,23,25-26,28,30-42H2,1-2H3,(H,57,58)/b7-5-,13-11-,19-17-,24-22-,29-27-. The molecule has 11 heteroatoms. The highest BCUT2D eigenvalue weighted by molar-refractivity contribution is 5.73. The van der Waals surface area contributed by atoms with Crippen molar-refractivity contribution in [3.8, 4) is 0 Å². The lowest BCUT2D eigenvalue weighted by Crippen LogP contribution is -2.60. The first kappa shape index (κ1) is 56.9. The SMILES string of the molecule is CC/C=C\C/C=C\C/C=C\C/C=C\C/C=C\CCCCCC(=O)OCC(COC1OC(C(=O)O)C(O)C(O)C1O)OC(=O)CCCCCCCCCCCCCCCCCCC. The van der Waals surface area contributed by atoms with E-state index in [0.29, 0.717) is 12.8 Å². The summed E-state index contributed by atoms with van der Waals surface area (Å²) in [6.45, 7) is 3.69. The number of carboxylic acids is 1. The molecule has 0 saturated carbocycles. The Kier molecular flexibility index (Phi) is 37.3. The van der Waals surface area contributed by atoms with Crippen molar-refractivity contribution in [1.82, 2.24) is 0 Å². The molecule has 0 radical (unpaired) electrons. The van der Waals surface area contributed by atoms with Crippen molar-refractivity contribution in [2.45, 2.75) is 230 Å². The van der Waals surface area contributed by atoms with Crippen LogP contribution >= 0.6 is 0 Å². The summed E-state index contributed by atoms with van der Waals surface area (Å²) in [5, 5.41) is 39.9. The van der Waals surface area contributed by atoms with Gasteiger partial charge in [0.05, 0.1) is 6.61 Å². The Morgan fingerprint density at radius 2 is 0.952 bits per heavy atom. The maximum atomic E-state index is 12.8. The molecule has 0 bridgehead atoms. The minimum atomic E-state index is -1.87. The number of unbranched alkanes of at least 4 members (excludes halogenated alkanes) is 19. The van der Waals surface area contributed by atoms with Crippen LogP contribution in [-0.2, 0) is 33.3 Å². The van der Waals surface area contributed by atoms with Gasteiger partial charge in [-0.2, -0.15) is 0 Å². The van der Waals surface area contributed by atoms with Gasteiger partial charge in [0.25, 0.3) is 0 Å². The number of carboxylic acid groups (broad SMARTS) is 1. The number of allylic oxidation sites excluding steroid dienone is 10. The summed E-state index contributed by atoms with van der Waals surface area (Å²) < 4.78 is 21.8. The maximum Gasteiger partial charge on any atom is 0.335 e. The number of hydrogen-bond acceptors (Lipinski definition) is 10. The summed E-state index contributed by atoms with van der Waals surface area (Å²) in [4.78, 5) is 36.9. The van der Waals surface area contributed by atoms with Gasteiger partial charge in [0, 0.05) is 12.8 Å². The molecule has 0 spiro atoms. The average Bonchev–Trinajstić information content (AvgIpc) is 3.26. The van der Waals surface area contributed by atoms with Crippen molar-refractivity contribution in [1.29, 1.82) is 0 Å². The van der Waals surface area contributed by atoms with Gasteiger partial charge in [-0.1, -0.05) is 184 Å². The van der Waals surface area contributed by atoms with E-state index in [9.17, 15) is 34.8 Å². The summed E-state index contributed by atoms with van der Waals surface area (Å²) >= 11 is 0. The van der Waals surface area contributed by atoms with Crippen LogP contribution in [0.25, 0.3) is 0 Å². The van der Waals surface area contributed by atoms with Crippen LogP contribution in [0.3, 0.4) is 0 Å². The molecule has 1 aliphatic rings. The number of ether oxygens (including phenoxy) is 4. The van der Waals surface area contributed by atoms with E-state index in [1.165, 1.54) is 83.5 Å². The fraction of sp³-hybridized carbons (Fsp3) is 0.745. The number of hydrogen-bond donors (Lipinski definition) is 4. The summed E-state index contributed by atoms with van der Waals surface area (Å²) in [6, 6.07) is 0. The van der Waals surface area contributed by atoms with Crippen LogP contribution in [0.1, 0.15) is 194 Å². The van der Waals surface area contributed by atoms with Crippen molar-refractivity contribution >= 4 is 17.9 Å². The first-order valence-electron chi connectivity index (χ1n) is 24.3. The second-order valence-electron chi connectivity index (χ2n) is 16.6. The first-order chi connectivity index (χ1) is 30.2. The lowest BCUT2D eigenvalue weighted by atomic mass is 9.99. The molecule has 1 fully saturated rings. The average molecular weight is 875 g/mol. The second kappa shape index (κ2) is 40.7. The number of esters is 2. The zero-order valence-electron chi connectivity index (χ0n) is 38.6. The molecular weight excluding hydrogens is 789 g/mol. The van der Waals surface area contributed by atoms with Crippen molar-refractivity contribution in [3.63, 3.8) is 0 Å². The number of aliphatic hydroxyl groups is 3. The van der Waals surface area contributed by atoms with Crippen LogP contribution in [0.4, 0.5) is 0 Å². The highest BCUT2D eigenvalue weighted by Crippen LogP contribution is 2.23.